The van der Waals surface area contributed by atoms with Gasteiger partial charge in [0.25, 0.3) is 0 Å². The summed E-state index contributed by atoms with van der Waals surface area (Å²) in [5.74, 6) is 2.63. The molecule has 2 aliphatic rings. The van der Waals surface area contributed by atoms with E-state index in [1.54, 1.807) is 0 Å². The molecule has 0 bridgehead atoms. The van der Waals surface area contributed by atoms with E-state index >= 15 is 0 Å². The number of hydrogen-bond acceptors (Lipinski definition) is 4. The Morgan fingerprint density at radius 1 is 0.577 bits per heavy atom. The molecule has 0 amide bonds. The molecule has 4 nitrogen and oxygen atoms in total. The largest absolute Gasteiger partial charge is 1.00 e. The fourth-order valence-corrected chi connectivity index (χ4v) is 3.09. The third kappa shape index (κ3) is 3.33. The van der Waals surface area contributed by atoms with Gasteiger partial charge in [-0.05, 0) is 46.2 Å². The summed E-state index contributed by atoms with van der Waals surface area (Å²) in [7, 11) is 0. The molecule has 0 aliphatic carbocycles. The minimum absolute atomic E-state index is 0. The van der Waals surface area contributed by atoms with E-state index in [4.69, 9.17) is 18.6 Å². The molecule has 0 aromatic heterocycles. The second-order valence-electron chi connectivity index (χ2n) is 8.87. The third-order valence-electron chi connectivity index (χ3n) is 4.70. The SMILES string of the molecule is CC(C)(C)c1ccc2c(c1)O[B-]1(O2)Oc2ccc(C(C)(C)C)cc2O1.[Na+]. The molecule has 2 heterocycles. The Labute approximate surface area is 177 Å². The van der Waals surface area contributed by atoms with Crippen LogP contribution in [0.5, 0.6) is 23.0 Å². The topological polar surface area (TPSA) is 36.9 Å². The summed E-state index contributed by atoms with van der Waals surface area (Å²) in [5.41, 5.74) is 2.41. The Morgan fingerprint density at radius 3 is 1.27 bits per heavy atom. The zero-order valence-electron chi connectivity index (χ0n) is 16.7. The van der Waals surface area contributed by atoms with Crippen LogP contribution in [0, 0.1) is 0 Å². The van der Waals surface area contributed by atoms with Gasteiger partial charge in [-0.25, -0.2) is 0 Å². The quantitative estimate of drug-likeness (QED) is 0.672. The molecule has 2 aromatic rings. The molecule has 2 aromatic carbocycles. The molecule has 0 saturated heterocycles. The van der Waals surface area contributed by atoms with Crippen molar-refractivity contribution in [1.82, 2.24) is 0 Å². The summed E-state index contributed by atoms with van der Waals surface area (Å²) >= 11 is 0. The first-order valence-corrected chi connectivity index (χ1v) is 8.74. The van der Waals surface area contributed by atoms with Crippen LogP contribution < -0.4 is 48.2 Å². The van der Waals surface area contributed by atoms with Gasteiger partial charge in [0, 0.05) is 0 Å². The molecule has 0 N–H and O–H groups in total. The molecule has 0 unspecified atom stereocenters. The van der Waals surface area contributed by atoms with Crippen molar-refractivity contribution in [1.29, 1.82) is 0 Å². The average Bonchev–Trinajstić information content (AvgIpc) is 3.01. The van der Waals surface area contributed by atoms with Crippen LogP contribution in [0.2, 0.25) is 0 Å². The molecule has 4 rings (SSSR count). The maximum atomic E-state index is 6.00. The van der Waals surface area contributed by atoms with Crippen LogP contribution in [0.15, 0.2) is 36.4 Å². The zero-order valence-corrected chi connectivity index (χ0v) is 18.7. The van der Waals surface area contributed by atoms with Gasteiger partial charge < -0.3 is 18.6 Å². The van der Waals surface area contributed by atoms with Gasteiger partial charge in [0.05, 0.1) is 0 Å². The fourth-order valence-electron chi connectivity index (χ4n) is 3.09. The van der Waals surface area contributed by atoms with Crippen molar-refractivity contribution in [3.8, 4) is 23.0 Å². The molecule has 0 saturated carbocycles. The van der Waals surface area contributed by atoms with Gasteiger partial charge in [-0.3, -0.25) is 0 Å². The van der Waals surface area contributed by atoms with E-state index in [0.717, 1.165) is 0 Å². The van der Waals surface area contributed by atoms with Crippen molar-refractivity contribution in [3.05, 3.63) is 47.5 Å². The summed E-state index contributed by atoms with van der Waals surface area (Å²) < 4.78 is 23.8. The maximum Gasteiger partial charge on any atom is 1.00 e. The van der Waals surface area contributed by atoms with Crippen molar-refractivity contribution < 1.29 is 48.2 Å². The van der Waals surface area contributed by atoms with Crippen molar-refractivity contribution in [3.63, 3.8) is 0 Å². The van der Waals surface area contributed by atoms with E-state index in [9.17, 15) is 0 Å². The number of benzene rings is 2. The van der Waals surface area contributed by atoms with Crippen LogP contribution in [0.3, 0.4) is 0 Å². The van der Waals surface area contributed by atoms with Crippen LogP contribution in [0.4, 0.5) is 0 Å². The van der Waals surface area contributed by atoms with Crippen LogP contribution >= 0.6 is 0 Å². The Bertz CT molecular complexity index is 780. The number of fused-ring (bicyclic) bond motifs is 2. The standard InChI is InChI=1S/C20H24BO4.Na/c1-19(2,3)13-7-9-15-17(11-13)24-21(22-15)23-16-10-8-14(20(4,5)6)12-18(16)25-21;/h7-12H,1-6H3;/q-1;+1. The maximum absolute atomic E-state index is 6.00. The van der Waals surface area contributed by atoms with Crippen molar-refractivity contribution in [2.75, 3.05) is 0 Å². The van der Waals surface area contributed by atoms with Crippen molar-refractivity contribution in [2.45, 2.75) is 52.4 Å². The van der Waals surface area contributed by atoms with E-state index in [2.05, 4.69) is 53.7 Å². The molecule has 26 heavy (non-hydrogen) atoms. The molecule has 0 radical (unpaired) electrons. The predicted molar refractivity (Wildman–Crippen MR) is 98.6 cm³/mol. The van der Waals surface area contributed by atoms with Gasteiger partial charge in [-0.2, -0.15) is 0 Å². The number of rotatable bonds is 0. The normalized spacial score (nSPS) is 16.5. The van der Waals surface area contributed by atoms with E-state index in [-0.39, 0.29) is 40.4 Å². The molecular weight excluding hydrogens is 338 g/mol. The second kappa shape index (κ2) is 6.11. The summed E-state index contributed by atoms with van der Waals surface area (Å²) in [6, 6.07) is 11.9. The van der Waals surface area contributed by atoms with Gasteiger partial charge in [0.15, 0.2) is 0 Å². The molecule has 2 aliphatic heterocycles. The van der Waals surface area contributed by atoms with Crippen LogP contribution in [-0.4, -0.2) is 6.96 Å². The minimum Gasteiger partial charge on any atom is -0.609 e. The van der Waals surface area contributed by atoms with E-state index in [1.165, 1.54) is 11.1 Å². The first kappa shape index (κ1) is 19.5. The molecule has 0 fully saturated rings. The summed E-state index contributed by atoms with van der Waals surface area (Å²) in [5, 5.41) is 0. The molecule has 132 valence electrons. The number of hydrogen-bond donors (Lipinski definition) is 0. The average molecular weight is 362 g/mol. The Hall–Kier alpha value is -1.30. The first-order chi connectivity index (χ1) is 11.6. The predicted octanol–water partition coefficient (Wildman–Crippen LogP) is 1.96. The fraction of sp³-hybridized carbons (Fsp3) is 0.400. The Kier molecular flexibility index (Phi) is 4.58. The van der Waals surface area contributed by atoms with E-state index < -0.39 is 6.96 Å². The molecule has 0 atom stereocenters. The van der Waals surface area contributed by atoms with Gasteiger partial charge in [0.1, 0.15) is 23.0 Å². The summed E-state index contributed by atoms with van der Waals surface area (Å²) in [6.07, 6.45) is 0. The van der Waals surface area contributed by atoms with E-state index in [0.29, 0.717) is 23.0 Å². The smallest absolute Gasteiger partial charge is 0.609 e. The minimum atomic E-state index is -2.32. The Balaban J connectivity index is 0.00000196. The Morgan fingerprint density at radius 2 is 0.923 bits per heavy atom. The monoisotopic (exact) mass is 362 g/mol. The van der Waals surface area contributed by atoms with Gasteiger partial charge in [0.2, 0.25) is 0 Å². The molecule has 6 heteroatoms. The second-order valence-corrected chi connectivity index (χ2v) is 8.87. The van der Waals surface area contributed by atoms with Crippen molar-refractivity contribution >= 4 is 6.96 Å². The van der Waals surface area contributed by atoms with E-state index in [1.807, 2.05) is 24.3 Å². The summed E-state index contributed by atoms with van der Waals surface area (Å²) in [4.78, 5) is 0. The summed E-state index contributed by atoms with van der Waals surface area (Å²) in [6.45, 7) is 10.7. The first-order valence-electron chi connectivity index (χ1n) is 8.74. The van der Waals surface area contributed by atoms with Crippen LogP contribution in [-0.2, 0) is 10.8 Å². The molecule has 1 spiro atoms. The van der Waals surface area contributed by atoms with Crippen molar-refractivity contribution in [2.24, 2.45) is 0 Å². The van der Waals surface area contributed by atoms with Crippen LogP contribution in [0.25, 0.3) is 0 Å². The van der Waals surface area contributed by atoms with Gasteiger partial charge >= 0.3 is 36.5 Å². The van der Waals surface area contributed by atoms with Gasteiger partial charge in [-0.15, -0.1) is 0 Å². The third-order valence-corrected chi connectivity index (χ3v) is 4.70. The molecular formula is C20H24BNaO4. The zero-order chi connectivity index (χ0) is 18.0. The van der Waals surface area contributed by atoms with Crippen LogP contribution in [0.1, 0.15) is 52.7 Å². The van der Waals surface area contributed by atoms with Gasteiger partial charge in [-0.1, -0.05) is 53.7 Å².